The molecule has 2 rings (SSSR count). The van der Waals surface area contributed by atoms with Crippen LogP contribution >= 0.6 is 0 Å². The van der Waals surface area contributed by atoms with Crippen LogP contribution in [0.25, 0.3) is 0 Å². The lowest BCUT2D eigenvalue weighted by atomic mass is 10.0. The number of likely N-dealkylation sites (tertiary alicyclic amines) is 1. The van der Waals surface area contributed by atoms with Crippen molar-refractivity contribution in [3.63, 3.8) is 0 Å². The number of rotatable bonds is 2. The molecule has 0 unspecified atom stereocenters. The third kappa shape index (κ3) is 2.27. The lowest BCUT2D eigenvalue weighted by molar-refractivity contribution is 0.0838. The second-order valence-electron chi connectivity index (χ2n) is 3.75. The summed E-state index contributed by atoms with van der Waals surface area (Å²) in [4.78, 5) is 16.8. The van der Waals surface area contributed by atoms with E-state index in [-0.39, 0.29) is 18.6 Å². The van der Waals surface area contributed by atoms with Crippen LogP contribution in [0.4, 0.5) is 15.0 Å². The summed E-state index contributed by atoms with van der Waals surface area (Å²) in [5.41, 5.74) is 0. The number of aliphatic hydroxyl groups is 1. The Morgan fingerprint density at radius 3 is 2.94 bits per heavy atom. The number of halogens is 1. The van der Waals surface area contributed by atoms with E-state index in [0.717, 1.165) is 6.20 Å². The van der Waals surface area contributed by atoms with Gasteiger partial charge in [0.15, 0.2) is 0 Å². The van der Waals surface area contributed by atoms with Crippen molar-refractivity contribution in [2.45, 2.75) is 0 Å². The summed E-state index contributed by atoms with van der Waals surface area (Å²) < 4.78 is 12.5. The number of anilines is 1. The number of hydrogen-bond acceptors (Lipinski definition) is 3. The van der Waals surface area contributed by atoms with E-state index in [2.05, 4.69) is 10.3 Å². The van der Waals surface area contributed by atoms with Gasteiger partial charge in [-0.1, -0.05) is 0 Å². The number of hydrogen-bond donors (Lipinski definition) is 2. The Labute approximate surface area is 91.9 Å². The third-order valence-electron chi connectivity index (χ3n) is 2.46. The molecular weight excluding hydrogens is 213 g/mol. The van der Waals surface area contributed by atoms with Crippen molar-refractivity contribution >= 4 is 11.8 Å². The molecule has 0 spiro atoms. The van der Waals surface area contributed by atoms with E-state index >= 15 is 0 Å². The van der Waals surface area contributed by atoms with E-state index in [1.807, 2.05) is 0 Å². The second kappa shape index (κ2) is 4.44. The molecule has 16 heavy (non-hydrogen) atoms. The average Bonchev–Trinajstić information content (AvgIpc) is 2.20. The molecule has 2 amide bonds. The maximum absolute atomic E-state index is 12.5. The highest BCUT2D eigenvalue weighted by molar-refractivity contribution is 5.88. The fourth-order valence-corrected chi connectivity index (χ4v) is 1.49. The Bertz CT molecular complexity index is 376. The molecule has 0 bridgehead atoms. The number of aromatic nitrogens is 1. The molecule has 0 saturated carbocycles. The van der Waals surface area contributed by atoms with Gasteiger partial charge in [0.1, 0.15) is 11.6 Å². The first-order valence-corrected chi connectivity index (χ1v) is 4.97. The molecule has 0 radical (unpaired) electrons. The predicted octanol–water partition coefficient (Wildman–Crippen LogP) is 0.677. The molecule has 0 atom stereocenters. The standard InChI is InChI=1S/C10H12FN3O2/c11-8-1-2-9(12-3-8)13-10(16)14-4-7(5-14)6-15/h1-3,7,15H,4-6H2,(H,12,13,16). The minimum Gasteiger partial charge on any atom is -0.396 e. The first kappa shape index (κ1) is 10.8. The molecule has 0 aromatic carbocycles. The van der Waals surface area contributed by atoms with Crippen molar-refractivity contribution in [2.75, 3.05) is 25.0 Å². The normalized spacial score (nSPS) is 15.8. The monoisotopic (exact) mass is 225 g/mol. The fraction of sp³-hybridized carbons (Fsp3) is 0.400. The van der Waals surface area contributed by atoms with Gasteiger partial charge < -0.3 is 10.0 Å². The van der Waals surface area contributed by atoms with Crippen molar-refractivity contribution in [1.29, 1.82) is 0 Å². The van der Waals surface area contributed by atoms with E-state index in [1.165, 1.54) is 12.1 Å². The first-order chi connectivity index (χ1) is 7.69. The number of nitrogens with zero attached hydrogens (tertiary/aromatic N) is 2. The van der Waals surface area contributed by atoms with Gasteiger partial charge in [0.05, 0.1) is 6.20 Å². The lowest BCUT2D eigenvalue weighted by Crippen LogP contribution is -2.52. The van der Waals surface area contributed by atoms with Crippen molar-refractivity contribution in [1.82, 2.24) is 9.88 Å². The van der Waals surface area contributed by atoms with Crippen molar-refractivity contribution in [3.8, 4) is 0 Å². The lowest BCUT2D eigenvalue weighted by Gasteiger charge is -2.37. The molecule has 6 heteroatoms. The zero-order chi connectivity index (χ0) is 11.5. The molecule has 2 heterocycles. The summed E-state index contributed by atoms with van der Waals surface area (Å²) >= 11 is 0. The molecule has 1 aliphatic heterocycles. The summed E-state index contributed by atoms with van der Waals surface area (Å²) in [5, 5.41) is 11.3. The van der Waals surface area contributed by atoms with Gasteiger partial charge in [0, 0.05) is 25.6 Å². The largest absolute Gasteiger partial charge is 0.396 e. The molecular formula is C10H12FN3O2. The maximum atomic E-state index is 12.5. The van der Waals surface area contributed by atoms with Crippen molar-refractivity contribution in [2.24, 2.45) is 5.92 Å². The van der Waals surface area contributed by atoms with Gasteiger partial charge in [-0.15, -0.1) is 0 Å². The van der Waals surface area contributed by atoms with E-state index in [9.17, 15) is 9.18 Å². The molecule has 5 nitrogen and oxygen atoms in total. The van der Waals surface area contributed by atoms with Gasteiger partial charge >= 0.3 is 6.03 Å². The molecule has 86 valence electrons. The Kier molecular flexibility index (Phi) is 3.00. The highest BCUT2D eigenvalue weighted by Crippen LogP contribution is 2.15. The molecule has 1 aromatic heterocycles. The first-order valence-electron chi connectivity index (χ1n) is 4.97. The Morgan fingerprint density at radius 2 is 2.38 bits per heavy atom. The van der Waals surface area contributed by atoms with Crippen molar-refractivity contribution < 1.29 is 14.3 Å². The number of nitrogens with one attached hydrogen (secondary N) is 1. The highest BCUT2D eigenvalue weighted by atomic mass is 19.1. The van der Waals surface area contributed by atoms with Gasteiger partial charge in [0.25, 0.3) is 0 Å². The van der Waals surface area contributed by atoms with E-state index in [1.54, 1.807) is 4.90 Å². The number of aliphatic hydroxyl groups excluding tert-OH is 1. The maximum Gasteiger partial charge on any atom is 0.323 e. The summed E-state index contributed by atoms with van der Waals surface area (Å²) in [6.07, 6.45) is 1.04. The summed E-state index contributed by atoms with van der Waals surface area (Å²) in [6.45, 7) is 1.19. The van der Waals surface area contributed by atoms with Crippen LogP contribution in [0, 0.1) is 11.7 Å². The van der Waals surface area contributed by atoms with Crippen LogP contribution < -0.4 is 5.32 Å². The van der Waals surface area contributed by atoms with Crippen LogP contribution in [0.5, 0.6) is 0 Å². The minimum absolute atomic E-state index is 0.0958. The molecule has 1 aliphatic rings. The zero-order valence-corrected chi connectivity index (χ0v) is 8.56. The SMILES string of the molecule is O=C(Nc1ccc(F)cn1)N1CC(CO)C1. The topological polar surface area (TPSA) is 65.5 Å². The Morgan fingerprint density at radius 1 is 1.62 bits per heavy atom. The van der Waals surface area contributed by atoms with Crippen LogP contribution in [-0.2, 0) is 0 Å². The zero-order valence-electron chi connectivity index (χ0n) is 8.56. The Balaban J connectivity index is 1.86. The highest BCUT2D eigenvalue weighted by Gasteiger charge is 2.29. The number of carbonyl (C=O) groups is 1. The number of pyridine rings is 1. The van der Waals surface area contributed by atoms with Gasteiger partial charge in [-0.25, -0.2) is 14.2 Å². The van der Waals surface area contributed by atoms with Crippen LogP contribution in [0.2, 0.25) is 0 Å². The molecule has 1 fully saturated rings. The van der Waals surface area contributed by atoms with Crippen LogP contribution in [0.1, 0.15) is 0 Å². The number of carbonyl (C=O) groups excluding carboxylic acids is 1. The fourth-order valence-electron chi connectivity index (χ4n) is 1.49. The summed E-state index contributed by atoms with van der Waals surface area (Å²) in [7, 11) is 0. The predicted molar refractivity (Wildman–Crippen MR) is 55.4 cm³/mol. The van der Waals surface area contributed by atoms with Gasteiger partial charge in [0.2, 0.25) is 0 Å². The Hall–Kier alpha value is -1.69. The average molecular weight is 225 g/mol. The van der Waals surface area contributed by atoms with E-state index < -0.39 is 5.82 Å². The smallest absolute Gasteiger partial charge is 0.323 e. The van der Waals surface area contributed by atoms with Crippen molar-refractivity contribution in [3.05, 3.63) is 24.1 Å². The number of amides is 2. The third-order valence-corrected chi connectivity index (χ3v) is 2.46. The molecule has 1 aromatic rings. The van der Waals surface area contributed by atoms with E-state index in [4.69, 9.17) is 5.11 Å². The quantitative estimate of drug-likeness (QED) is 0.777. The minimum atomic E-state index is -0.442. The molecule has 0 aliphatic carbocycles. The van der Waals surface area contributed by atoms with Crippen LogP contribution in [0.3, 0.4) is 0 Å². The van der Waals surface area contributed by atoms with Crippen LogP contribution in [-0.4, -0.2) is 40.7 Å². The van der Waals surface area contributed by atoms with Crippen LogP contribution in [0.15, 0.2) is 18.3 Å². The van der Waals surface area contributed by atoms with E-state index in [0.29, 0.717) is 18.9 Å². The van der Waals surface area contributed by atoms with Gasteiger partial charge in [-0.2, -0.15) is 0 Å². The molecule has 1 saturated heterocycles. The second-order valence-corrected chi connectivity index (χ2v) is 3.75. The summed E-state index contributed by atoms with van der Waals surface area (Å²) in [6, 6.07) is 2.36. The van der Waals surface area contributed by atoms with Gasteiger partial charge in [-0.3, -0.25) is 5.32 Å². The number of urea groups is 1. The van der Waals surface area contributed by atoms with Gasteiger partial charge in [-0.05, 0) is 12.1 Å². The summed E-state index contributed by atoms with van der Waals surface area (Å²) in [5.74, 6) is 0.0491. The molecule has 2 N–H and O–H groups in total.